The molecule has 0 saturated carbocycles. The van der Waals surface area contributed by atoms with Crippen molar-refractivity contribution in [3.8, 4) is 0 Å². The number of hydrogen-bond donors (Lipinski definition) is 1. The van der Waals surface area contributed by atoms with Gasteiger partial charge in [-0.05, 0) is 13.3 Å². The monoisotopic (exact) mass is 248 g/mol. The topological polar surface area (TPSA) is 73.0 Å². The molecule has 0 aliphatic carbocycles. The van der Waals surface area contributed by atoms with Crippen LogP contribution in [0.1, 0.15) is 29.6 Å². The summed E-state index contributed by atoms with van der Waals surface area (Å²) in [6.07, 6.45) is 6.15. The molecule has 0 aromatic carbocycles. The quantitative estimate of drug-likeness (QED) is 0.867. The largest absolute Gasteiger partial charge is 0.351 e. The zero-order chi connectivity index (χ0) is 13.0. The van der Waals surface area contributed by atoms with Gasteiger partial charge in [-0.15, -0.1) is 0 Å². The number of carbonyl (C=O) groups is 1. The van der Waals surface area contributed by atoms with Crippen LogP contribution in [-0.4, -0.2) is 26.7 Å². The number of nitrogens with zero attached hydrogens (tertiary/aromatic N) is 3. The van der Waals surface area contributed by atoms with Gasteiger partial charge in [-0.1, -0.05) is 12.1 Å². The van der Waals surface area contributed by atoms with Crippen molar-refractivity contribution in [1.29, 1.82) is 0 Å². The number of rotatable bonds is 5. The molecule has 0 bridgehead atoms. The van der Waals surface area contributed by atoms with Gasteiger partial charge in [0, 0.05) is 31.0 Å². The van der Waals surface area contributed by atoms with Gasteiger partial charge in [0.25, 0.3) is 5.91 Å². The maximum Gasteiger partial charge on any atom is 0.290 e. The third-order valence-electron chi connectivity index (χ3n) is 2.67. The molecule has 0 fully saturated rings. The Morgan fingerprint density at radius 1 is 1.61 bits per heavy atom. The molecule has 1 amide bonds. The first kappa shape index (κ1) is 12.3. The second kappa shape index (κ2) is 5.48. The summed E-state index contributed by atoms with van der Waals surface area (Å²) in [5, 5.41) is 6.61. The molecule has 2 aromatic rings. The predicted molar refractivity (Wildman–Crippen MR) is 65.0 cm³/mol. The summed E-state index contributed by atoms with van der Waals surface area (Å²) < 4.78 is 6.86. The van der Waals surface area contributed by atoms with Crippen molar-refractivity contribution < 1.29 is 9.32 Å². The molecule has 0 unspecified atom stereocenters. The van der Waals surface area contributed by atoms with E-state index in [4.69, 9.17) is 4.52 Å². The SMILES string of the molecule is CC[C@@H](Cn1ccnc1)NC(=O)c1cc(C)no1. The highest BCUT2D eigenvalue weighted by molar-refractivity contribution is 5.91. The maximum absolute atomic E-state index is 11.9. The van der Waals surface area contributed by atoms with Crippen molar-refractivity contribution in [1.82, 2.24) is 20.0 Å². The molecule has 0 saturated heterocycles. The predicted octanol–water partition coefficient (Wildman–Crippen LogP) is 1.39. The third kappa shape index (κ3) is 2.97. The van der Waals surface area contributed by atoms with E-state index in [-0.39, 0.29) is 17.7 Å². The molecule has 96 valence electrons. The molecule has 0 aliphatic heterocycles. The van der Waals surface area contributed by atoms with Gasteiger partial charge in [-0.25, -0.2) is 4.98 Å². The van der Waals surface area contributed by atoms with Crippen LogP contribution in [0.15, 0.2) is 29.3 Å². The summed E-state index contributed by atoms with van der Waals surface area (Å²) in [5.74, 6) is 0.0131. The summed E-state index contributed by atoms with van der Waals surface area (Å²) >= 11 is 0. The standard InChI is InChI=1S/C12H16N4O2/c1-3-10(7-16-5-4-13-8-16)14-12(17)11-6-9(2)15-18-11/h4-6,8,10H,3,7H2,1-2H3,(H,14,17)/t10-/m0/s1. The Hall–Kier alpha value is -2.11. The number of nitrogens with one attached hydrogen (secondary N) is 1. The number of aryl methyl sites for hydroxylation is 1. The molecule has 2 rings (SSSR count). The molecule has 6 heteroatoms. The van der Waals surface area contributed by atoms with E-state index < -0.39 is 0 Å². The van der Waals surface area contributed by atoms with Crippen molar-refractivity contribution in [2.45, 2.75) is 32.9 Å². The summed E-state index contributed by atoms with van der Waals surface area (Å²) in [6, 6.07) is 1.66. The minimum atomic E-state index is -0.234. The minimum Gasteiger partial charge on any atom is -0.351 e. The highest BCUT2D eigenvalue weighted by Gasteiger charge is 2.16. The fourth-order valence-corrected chi connectivity index (χ4v) is 1.65. The average molecular weight is 248 g/mol. The van der Waals surface area contributed by atoms with Gasteiger partial charge in [0.15, 0.2) is 0 Å². The van der Waals surface area contributed by atoms with Gasteiger partial charge in [0.1, 0.15) is 0 Å². The average Bonchev–Trinajstić information content (AvgIpc) is 2.99. The van der Waals surface area contributed by atoms with Crippen LogP contribution >= 0.6 is 0 Å². The van der Waals surface area contributed by atoms with Crippen molar-refractivity contribution in [3.63, 3.8) is 0 Å². The molecule has 2 heterocycles. The van der Waals surface area contributed by atoms with Crippen LogP contribution < -0.4 is 5.32 Å². The lowest BCUT2D eigenvalue weighted by Gasteiger charge is -2.16. The normalized spacial score (nSPS) is 12.3. The van der Waals surface area contributed by atoms with Crippen LogP contribution in [0.5, 0.6) is 0 Å². The first-order valence-electron chi connectivity index (χ1n) is 5.89. The van der Waals surface area contributed by atoms with E-state index in [0.29, 0.717) is 12.2 Å². The van der Waals surface area contributed by atoms with Crippen LogP contribution in [0.4, 0.5) is 0 Å². The van der Waals surface area contributed by atoms with E-state index in [9.17, 15) is 4.79 Å². The van der Waals surface area contributed by atoms with Crippen molar-refractivity contribution in [2.75, 3.05) is 0 Å². The maximum atomic E-state index is 11.9. The molecule has 2 aromatic heterocycles. The molecule has 0 radical (unpaired) electrons. The van der Waals surface area contributed by atoms with Crippen LogP contribution in [0.2, 0.25) is 0 Å². The Balaban J connectivity index is 1.96. The summed E-state index contributed by atoms with van der Waals surface area (Å²) in [4.78, 5) is 15.9. The Labute approximate surface area is 105 Å². The molecular formula is C12H16N4O2. The molecule has 1 atom stereocenters. The third-order valence-corrected chi connectivity index (χ3v) is 2.67. The number of aromatic nitrogens is 3. The fraction of sp³-hybridized carbons (Fsp3) is 0.417. The summed E-state index contributed by atoms with van der Waals surface area (Å²) in [5.41, 5.74) is 0.697. The highest BCUT2D eigenvalue weighted by Crippen LogP contribution is 2.04. The first-order valence-corrected chi connectivity index (χ1v) is 5.89. The smallest absolute Gasteiger partial charge is 0.290 e. The van der Waals surface area contributed by atoms with Gasteiger partial charge in [0.2, 0.25) is 5.76 Å². The summed E-state index contributed by atoms with van der Waals surface area (Å²) in [6.45, 7) is 4.49. The highest BCUT2D eigenvalue weighted by atomic mass is 16.5. The molecule has 0 spiro atoms. The lowest BCUT2D eigenvalue weighted by Crippen LogP contribution is -2.37. The Morgan fingerprint density at radius 2 is 2.44 bits per heavy atom. The van der Waals surface area contributed by atoms with Gasteiger partial charge in [0.05, 0.1) is 12.0 Å². The van der Waals surface area contributed by atoms with Crippen LogP contribution in [-0.2, 0) is 6.54 Å². The van der Waals surface area contributed by atoms with Gasteiger partial charge < -0.3 is 14.4 Å². The first-order chi connectivity index (χ1) is 8.69. The second-order valence-corrected chi connectivity index (χ2v) is 4.17. The zero-order valence-corrected chi connectivity index (χ0v) is 10.5. The van der Waals surface area contributed by atoms with Crippen molar-refractivity contribution in [3.05, 3.63) is 36.2 Å². The summed E-state index contributed by atoms with van der Waals surface area (Å²) in [7, 11) is 0. The van der Waals surface area contributed by atoms with E-state index in [1.807, 2.05) is 17.7 Å². The molecule has 0 aliphatic rings. The lowest BCUT2D eigenvalue weighted by molar-refractivity contribution is 0.0894. The van der Waals surface area contributed by atoms with Gasteiger partial charge >= 0.3 is 0 Å². The second-order valence-electron chi connectivity index (χ2n) is 4.17. The minimum absolute atomic E-state index is 0.0390. The van der Waals surface area contributed by atoms with Crippen LogP contribution in [0.3, 0.4) is 0 Å². The Morgan fingerprint density at radius 3 is 3.00 bits per heavy atom. The van der Waals surface area contributed by atoms with E-state index >= 15 is 0 Å². The molecule has 1 N–H and O–H groups in total. The molecular weight excluding hydrogens is 232 g/mol. The lowest BCUT2D eigenvalue weighted by atomic mass is 10.2. The Kier molecular flexibility index (Phi) is 3.76. The molecule has 18 heavy (non-hydrogen) atoms. The van der Waals surface area contributed by atoms with E-state index in [1.54, 1.807) is 25.5 Å². The Bertz CT molecular complexity index is 504. The number of amides is 1. The van der Waals surface area contributed by atoms with Crippen molar-refractivity contribution >= 4 is 5.91 Å². The fourth-order valence-electron chi connectivity index (χ4n) is 1.65. The van der Waals surface area contributed by atoms with E-state index in [1.165, 1.54) is 0 Å². The van der Waals surface area contributed by atoms with Crippen LogP contribution in [0, 0.1) is 6.92 Å². The van der Waals surface area contributed by atoms with E-state index in [2.05, 4.69) is 15.5 Å². The van der Waals surface area contributed by atoms with Crippen molar-refractivity contribution in [2.24, 2.45) is 0 Å². The van der Waals surface area contributed by atoms with E-state index in [0.717, 1.165) is 6.42 Å². The zero-order valence-electron chi connectivity index (χ0n) is 10.5. The number of carbonyl (C=O) groups excluding carboxylic acids is 1. The molecule has 6 nitrogen and oxygen atoms in total. The van der Waals surface area contributed by atoms with Crippen LogP contribution in [0.25, 0.3) is 0 Å². The number of hydrogen-bond acceptors (Lipinski definition) is 4. The van der Waals surface area contributed by atoms with Gasteiger partial charge in [-0.3, -0.25) is 4.79 Å². The van der Waals surface area contributed by atoms with Gasteiger partial charge in [-0.2, -0.15) is 0 Å². The number of imidazole rings is 1.